The van der Waals surface area contributed by atoms with Crippen molar-refractivity contribution in [1.82, 2.24) is 0 Å². The summed E-state index contributed by atoms with van der Waals surface area (Å²) in [5.41, 5.74) is 0.798. The van der Waals surface area contributed by atoms with Gasteiger partial charge in [-0.1, -0.05) is 34.2 Å². The van der Waals surface area contributed by atoms with Gasteiger partial charge >= 0.3 is 6.18 Å². The van der Waals surface area contributed by atoms with Gasteiger partial charge in [-0.3, -0.25) is 0 Å². The molecule has 0 aliphatic rings. The fourth-order valence-corrected chi connectivity index (χ4v) is 1.16. The van der Waals surface area contributed by atoms with Crippen LogP contribution in [0.15, 0.2) is 24.3 Å². The van der Waals surface area contributed by atoms with E-state index in [2.05, 4.69) is 22.5 Å². The number of hydrogen-bond acceptors (Lipinski definition) is 0. The summed E-state index contributed by atoms with van der Waals surface area (Å²) in [7, 11) is 0. The fourth-order valence-electron chi connectivity index (χ4n) is 0.595. The fraction of sp³-hybridized carbons (Fsp3) is 0.500. The molecule has 0 saturated heterocycles. The molecule has 0 saturated carbocycles. The molecule has 0 aromatic heterocycles. The van der Waals surface area contributed by atoms with E-state index in [9.17, 15) is 13.2 Å². The Morgan fingerprint density at radius 2 is 2.00 bits per heavy atom. The maximum Gasteiger partial charge on any atom is 0.409 e. The normalized spacial score (nSPS) is 12.3. The smallest absolute Gasteiger partial charge is 0.167 e. The van der Waals surface area contributed by atoms with Crippen LogP contribution in [0.3, 0.4) is 0 Å². The maximum atomic E-state index is 11.6. The summed E-state index contributed by atoms with van der Waals surface area (Å²) in [5, 5.41) is 0.742. The number of halogens is 4. The zero-order valence-electron chi connectivity index (χ0n) is 6.49. The summed E-state index contributed by atoms with van der Waals surface area (Å²) in [6.45, 7) is 3.62. The van der Waals surface area contributed by atoms with Crippen molar-refractivity contribution in [3.8, 4) is 0 Å². The molecule has 0 unspecified atom stereocenters. The molecule has 70 valence electrons. The lowest BCUT2D eigenvalue weighted by atomic mass is 10.1. The van der Waals surface area contributed by atoms with Gasteiger partial charge in [0.1, 0.15) is 0 Å². The van der Waals surface area contributed by atoms with Gasteiger partial charge in [0.15, 0.2) is 0 Å². The van der Waals surface area contributed by atoms with E-state index in [1.54, 1.807) is 0 Å². The third-order valence-electron chi connectivity index (χ3n) is 1.16. The van der Waals surface area contributed by atoms with E-state index in [1.807, 2.05) is 0 Å². The van der Waals surface area contributed by atoms with Gasteiger partial charge in [0.25, 0.3) is 0 Å². The molecule has 0 aromatic rings. The van der Waals surface area contributed by atoms with Gasteiger partial charge in [-0.25, -0.2) is 0 Å². The van der Waals surface area contributed by atoms with Crippen LogP contribution in [0.5, 0.6) is 0 Å². The van der Waals surface area contributed by atoms with Gasteiger partial charge in [-0.05, 0) is 12.8 Å². The first-order valence-corrected chi connectivity index (χ1v) is 4.55. The molecule has 0 radical (unpaired) electrons. The van der Waals surface area contributed by atoms with Crippen molar-refractivity contribution < 1.29 is 13.2 Å². The lowest BCUT2D eigenvalue weighted by molar-refractivity contribution is -0.0800. The monoisotopic (exact) mass is 242 g/mol. The quantitative estimate of drug-likeness (QED) is 0.519. The summed E-state index contributed by atoms with van der Waals surface area (Å²) >= 11 is 3.17. The van der Waals surface area contributed by atoms with Crippen LogP contribution < -0.4 is 0 Å². The van der Waals surface area contributed by atoms with Crippen molar-refractivity contribution in [2.75, 3.05) is 5.33 Å². The number of allylic oxidation sites excluding steroid dienone is 3. The van der Waals surface area contributed by atoms with E-state index in [4.69, 9.17) is 0 Å². The van der Waals surface area contributed by atoms with Gasteiger partial charge in [0, 0.05) is 11.4 Å². The Morgan fingerprint density at radius 1 is 1.42 bits per heavy atom. The minimum atomic E-state index is -4.20. The van der Waals surface area contributed by atoms with Crippen LogP contribution in [0.4, 0.5) is 13.2 Å². The Balaban J connectivity index is 3.68. The molecule has 0 atom stereocenters. The average molecular weight is 243 g/mol. The van der Waals surface area contributed by atoms with Gasteiger partial charge < -0.3 is 0 Å². The van der Waals surface area contributed by atoms with Crippen LogP contribution in [0.2, 0.25) is 0 Å². The molecule has 4 heteroatoms. The summed E-state index contributed by atoms with van der Waals surface area (Å²) in [6, 6.07) is 0. The number of rotatable bonds is 4. The molecule has 0 aromatic carbocycles. The number of alkyl halides is 4. The van der Waals surface area contributed by atoms with Gasteiger partial charge in [0.2, 0.25) is 0 Å². The van der Waals surface area contributed by atoms with Gasteiger partial charge in [-0.2, -0.15) is 13.2 Å². The number of hydrogen-bond donors (Lipinski definition) is 0. The molecule has 0 aliphatic heterocycles. The first-order chi connectivity index (χ1) is 5.45. The third-order valence-corrected chi connectivity index (χ3v) is 1.56. The van der Waals surface area contributed by atoms with Crippen LogP contribution >= 0.6 is 15.9 Å². The second-order valence-electron chi connectivity index (χ2n) is 2.34. The van der Waals surface area contributed by atoms with Crippen molar-refractivity contribution in [1.29, 1.82) is 0 Å². The SMILES string of the molecule is C=C(CC=CC(F)(F)F)CCBr. The average Bonchev–Trinajstić information content (AvgIpc) is 1.84. The summed E-state index contributed by atoms with van der Waals surface area (Å²) < 4.78 is 34.7. The van der Waals surface area contributed by atoms with Crippen LogP contribution in [-0.2, 0) is 0 Å². The van der Waals surface area contributed by atoms with Crippen molar-refractivity contribution >= 4 is 15.9 Å². The largest absolute Gasteiger partial charge is 0.409 e. The van der Waals surface area contributed by atoms with Gasteiger partial charge in [0.05, 0.1) is 0 Å². The van der Waals surface area contributed by atoms with Crippen LogP contribution in [0.1, 0.15) is 12.8 Å². The molecule has 0 amide bonds. The second kappa shape index (κ2) is 5.41. The molecule has 0 nitrogen and oxygen atoms in total. The first kappa shape index (κ1) is 11.8. The van der Waals surface area contributed by atoms with Crippen molar-refractivity contribution in [2.45, 2.75) is 19.0 Å². The molecule has 0 fully saturated rings. The summed E-state index contributed by atoms with van der Waals surface area (Å²) in [5.74, 6) is 0. The Morgan fingerprint density at radius 3 is 2.42 bits per heavy atom. The molecule has 0 N–H and O–H groups in total. The molecule has 12 heavy (non-hydrogen) atoms. The highest BCUT2D eigenvalue weighted by Gasteiger charge is 2.21. The zero-order valence-corrected chi connectivity index (χ0v) is 8.08. The highest BCUT2D eigenvalue weighted by atomic mass is 79.9. The van der Waals surface area contributed by atoms with E-state index < -0.39 is 6.18 Å². The molecule has 0 bridgehead atoms. The van der Waals surface area contributed by atoms with Gasteiger partial charge in [-0.15, -0.1) is 0 Å². The Hall–Kier alpha value is -0.250. The van der Waals surface area contributed by atoms with E-state index in [0.29, 0.717) is 12.8 Å². The minimum Gasteiger partial charge on any atom is -0.167 e. The lowest BCUT2D eigenvalue weighted by Crippen LogP contribution is -2.00. The molecular weight excluding hydrogens is 233 g/mol. The Labute approximate surface area is 78.3 Å². The van der Waals surface area contributed by atoms with Crippen LogP contribution in [0.25, 0.3) is 0 Å². The Kier molecular flexibility index (Phi) is 5.29. The maximum absolute atomic E-state index is 11.6. The second-order valence-corrected chi connectivity index (χ2v) is 3.13. The minimum absolute atomic E-state index is 0.242. The zero-order chi connectivity index (χ0) is 9.61. The van der Waals surface area contributed by atoms with Crippen molar-refractivity contribution in [3.05, 3.63) is 24.3 Å². The highest BCUT2D eigenvalue weighted by Crippen LogP contribution is 2.17. The standard InChI is InChI=1S/C8H10BrF3/c1-7(4-6-9)3-2-5-8(10,11)12/h2,5H,1,3-4,6H2. The Bertz CT molecular complexity index is 170. The lowest BCUT2D eigenvalue weighted by Gasteiger charge is -1.99. The predicted molar refractivity (Wildman–Crippen MR) is 47.4 cm³/mol. The molecule has 0 spiro atoms. The topological polar surface area (TPSA) is 0 Å². The highest BCUT2D eigenvalue weighted by molar-refractivity contribution is 9.09. The predicted octanol–water partition coefficient (Wildman–Crippen LogP) is 3.84. The van der Waals surface area contributed by atoms with E-state index in [1.165, 1.54) is 0 Å². The van der Waals surface area contributed by atoms with Crippen molar-refractivity contribution in [2.24, 2.45) is 0 Å². The summed E-state index contributed by atoms with van der Waals surface area (Å²) in [4.78, 5) is 0. The van der Waals surface area contributed by atoms with E-state index in [0.717, 1.165) is 17.0 Å². The molecule has 0 rings (SSSR count). The van der Waals surface area contributed by atoms with Crippen molar-refractivity contribution in [3.63, 3.8) is 0 Å². The van der Waals surface area contributed by atoms with Crippen LogP contribution in [0, 0.1) is 0 Å². The van der Waals surface area contributed by atoms with E-state index >= 15 is 0 Å². The molecular formula is C8H10BrF3. The van der Waals surface area contributed by atoms with E-state index in [-0.39, 0.29) is 6.08 Å². The summed E-state index contributed by atoms with van der Waals surface area (Å²) in [6.07, 6.45) is -1.86. The first-order valence-electron chi connectivity index (χ1n) is 3.43. The third kappa shape index (κ3) is 7.85. The molecule has 0 aliphatic carbocycles. The molecule has 0 heterocycles. The van der Waals surface area contributed by atoms with Crippen LogP contribution in [-0.4, -0.2) is 11.5 Å².